The SMILES string of the molecule is O=C(O)[C@@H]1C[C@H]2CCC(=O)[C@@H](C1)C2=O. The van der Waals surface area contributed by atoms with E-state index >= 15 is 0 Å². The Kier molecular flexibility index (Phi) is 2.13. The van der Waals surface area contributed by atoms with E-state index in [0.29, 0.717) is 19.3 Å². The summed E-state index contributed by atoms with van der Waals surface area (Å²) in [6.07, 6.45) is 1.66. The van der Waals surface area contributed by atoms with Crippen LogP contribution in [-0.4, -0.2) is 22.6 Å². The average molecular weight is 196 g/mol. The summed E-state index contributed by atoms with van der Waals surface area (Å²) in [5.41, 5.74) is 0. The van der Waals surface area contributed by atoms with Crippen LogP contribution in [0.1, 0.15) is 25.7 Å². The summed E-state index contributed by atoms with van der Waals surface area (Å²) in [5.74, 6) is -2.22. The van der Waals surface area contributed by atoms with Crippen LogP contribution in [0.4, 0.5) is 0 Å². The number of carboxylic acid groups (broad SMARTS) is 1. The molecule has 0 amide bonds. The normalized spacial score (nSPS) is 37.0. The summed E-state index contributed by atoms with van der Waals surface area (Å²) in [4.78, 5) is 33.7. The Morgan fingerprint density at radius 2 is 2.00 bits per heavy atom. The van der Waals surface area contributed by atoms with Gasteiger partial charge in [-0.05, 0) is 19.3 Å². The molecule has 0 radical (unpaired) electrons. The molecule has 0 spiro atoms. The molecule has 76 valence electrons. The van der Waals surface area contributed by atoms with E-state index in [9.17, 15) is 14.4 Å². The second-order valence-electron chi connectivity index (χ2n) is 4.16. The first-order chi connectivity index (χ1) is 6.59. The van der Waals surface area contributed by atoms with Crippen molar-refractivity contribution in [2.75, 3.05) is 0 Å². The Balaban J connectivity index is 2.20. The van der Waals surface area contributed by atoms with Crippen LogP contribution in [-0.2, 0) is 14.4 Å². The standard InChI is InChI=1S/C10H12O4/c11-8-2-1-5-3-6(10(13)14)4-7(8)9(5)12/h5-7H,1-4H2,(H,13,14)/t5-,6-,7-/m1/s1. The molecule has 4 heteroatoms. The molecule has 0 unspecified atom stereocenters. The zero-order valence-electron chi connectivity index (χ0n) is 7.73. The van der Waals surface area contributed by atoms with Gasteiger partial charge >= 0.3 is 5.97 Å². The Hall–Kier alpha value is -1.19. The fourth-order valence-electron chi connectivity index (χ4n) is 2.48. The predicted molar refractivity (Wildman–Crippen MR) is 46.6 cm³/mol. The van der Waals surface area contributed by atoms with E-state index < -0.39 is 17.8 Å². The van der Waals surface area contributed by atoms with Gasteiger partial charge in [0.05, 0.1) is 11.8 Å². The van der Waals surface area contributed by atoms with Crippen molar-refractivity contribution in [1.82, 2.24) is 0 Å². The van der Waals surface area contributed by atoms with E-state index in [2.05, 4.69) is 0 Å². The number of carbonyl (C=O) groups excluding carboxylic acids is 2. The summed E-state index contributed by atoms with van der Waals surface area (Å²) in [7, 11) is 0. The molecule has 0 aromatic heterocycles. The van der Waals surface area contributed by atoms with Crippen molar-refractivity contribution in [3.05, 3.63) is 0 Å². The maximum absolute atomic E-state index is 11.6. The highest BCUT2D eigenvalue weighted by Crippen LogP contribution is 2.38. The third-order valence-electron chi connectivity index (χ3n) is 3.31. The van der Waals surface area contributed by atoms with E-state index in [1.54, 1.807) is 0 Å². The number of ketones is 2. The Bertz CT molecular complexity index is 307. The molecule has 0 saturated heterocycles. The van der Waals surface area contributed by atoms with Gasteiger partial charge in [-0.2, -0.15) is 0 Å². The van der Waals surface area contributed by atoms with Crippen LogP contribution in [0.5, 0.6) is 0 Å². The summed E-state index contributed by atoms with van der Waals surface area (Å²) in [5, 5.41) is 8.84. The third-order valence-corrected chi connectivity index (χ3v) is 3.31. The van der Waals surface area contributed by atoms with Crippen molar-refractivity contribution < 1.29 is 19.5 Å². The highest BCUT2D eigenvalue weighted by atomic mass is 16.4. The van der Waals surface area contributed by atoms with Gasteiger partial charge in [0, 0.05) is 12.3 Å². The van der Waals surface area contributed by atoms with E-state index in [1.807, 2.05) is 0 Å². The van der Waals surface area contributed by atoms with Crippen LogP contribution < -0.4 is 0 Å². The lowest BCUT2D eigenvalue weighted by molar-refractivity contribution is -0.150. The van der Waals surface area contributed by atoms with Crippen molar-refractivity contribution >= 4 is 17.5 Å². The molecule has 2 aliphatic rings. The van der Waals surface area contributed by atoms with Crippen LogP contribution >= 0.6 is 0 Å². The zero-order valence-corrected chi connectivity index (χ0v) is 7.73. The molecular weight excluding hydrogens is 184 g/mol. The minimum absolute atomic E-state index is 0.0150. The van der Waals surface area contributed by atoms with Gasteiger partial charge < -0.3 is 5.11 Å². The molecule has 3 atom stereocenters. The Labute approximate surface area is 81.3 Å². The highest BCUT2D eigenvalue weighted by Gasteiger charge is 2.45. The lowest BCUT2D eigenvalue weighted by Crippen LogP contribution is -2.43. The summed E-state index contributed by atoms with van der Waals surface area (Å²) >= 11 is 0. The van der Waals surface area contributed by atoms with E-state index in [-0.39, 0.29) is 23.9 Å². The molecule has 2 aliphatic carbocycles. The van der Waals surface area contributed by atoms with Crippen molar-refractivity contribution in [2.24, 2.45) is 17.8 Å². The highest BCUT2D eigenvalue weighted by molar-refractivity contribution is 6.06. The van der Waals surface area contributed by atoms with Gasteiger partial charge in [0.25, 0.3) is 0 Å². The quantitative estimate of drug-likeness (QED) is 0.625. The molecule has 2 fully saturated rings. The number of Topliss-reactive ketones (excluding diaryl/α,β-unsaturated/α-hetero) is 2. The van der Waals surface area contributed by atoms with Gasteiger partial charge in [0.15, 0.2) is 0 Å². The average Bonchev–Trinajstić information content (AvgIpc) is 2.11. The maximum atomic E-state index is 11.6. The zero-order chi connectivity index (χ0) is 10.3. The molecule has 0 aliphatic heterocycles. The molecule has 0 aromatic carbocycles. The van der Waals surface area contributed by atoms with Crippen LogP contribution in [0, 0.1) is 17.8 Å². The van der Waals surface area contributed by atoms with Crippen molar-refractivity contribution in [2.45, 2.75) is 25.7 Å². The number of fused-ring (bicyclic) bond motifs is 2. The minimum atomic E-state index is -0.873. The molecule has 2 saturated carbocycles. The van der Waals surface area contributed by atoms with Crippen LogP contribution in [0.15, 0.2) is 0 Å². The lowest BCUT2D eigenvalue weighted by Gasteiger charge is -2.34. The van der Waals surface area contributed by atoms with Gasteiger partial charge in [-0.1, -0.05) is 0 Å². The van der Waals surface area contributed by atoms with Crippen molar-refractivity contribution in [1.29, 1.82) is 0 Å². The largest absolute Gasteiger partial charge is 0.481 e. The maximum Gasteiger partial charge on any atom is 0.306 e. The second kappa shape index (κ2) is 3.19. The summed E-state index contributed by atoms with van der Waals surface area (Å²) in [6, 6.07) is 0. The lowest BCUT2D eigenvalue weighted by atomic mass is 9.66. The van der Waals surface area contributed by atoms with Gasteiger partial charge in [0.1, 0.15) is 11.6 Å². The Morgan fingerprint density at radius 1 is 1.29 bits per heavy atom. The summed E-state index contributed by atoms with van der Waals surface area (Å²) < 4.78 is 0. The molecule has 0 aromatic rings. The number of carbonyl (C=O) groups is 3. The summed E-state index contributed by atoms with van der Waals surface area (Å²) in [6.45, 7) is 0. The Morgan fingerprint density at radius 3 is 2.64 bits per heavy atom. The monoisotopic (exact) mass is 196 g/mol. The van der Waals surface area contributed by atoms with E-state index in [1.165, 1.54) is 0 Å². The molecule has 2 rings (SSSR count). The van der Waals surface area contributed by atoms with Crippen molar-refractivity contribution in [3.63, 3.8) is 0 Å². The number of carboxylic acids is 1. The van der Waals surface area contributed by atoms with Crippen LogP contribution in [0.2, 0.25) is 0 Å². The molecule has 1 N–H and O–H groups in total. The van der Waals surface area contributed by atoms with Gasteiger partial charge in [-0.15, -0.1) is 0 Å². The first-order valence-corrected chi connectivity index (χ1v) is 4.89. The second-order valence-corrected chi connectivity index (χ2v) is 4.16. The molecular formula is C10H12O4. The molecule has 14 heavy (non-hydrogen) atoms. The van der Waals surface area contributed by atoms with Crippen LogP contribution in [0.25, 0.3) is 0 Å². The smallest absolute Gasteiger partial charge is 0.306 e. The minimum Gasteiger partial charge on any atom is -0.481 e. The third kappa shape index (κ3) is 1.35. The molecule has 4 nitrogen and oxygen atoms in total. The molecule has 0 heterocycles. The number of rotatable bonds is 1. The van der Waals surface area contributed by atoms with E-state index in [0.717, 1.165) is 0 Å². The van der Waals surface area contributed by atoms with Gasteiger partial charge in [-0.3, -0.25) is 14.4 Å². The molecule has 2 bridgehead atoms. The predicted octanol–water partition coefficient (Wildman–Crippen LogP) is 0.645. The topological polar surface area (TPSA) is 71.4 Å². The fraction of sp³-hybridized carbons (Fsp3) is 0.700. The number of hydrogen-bond donors (Lipinski definition) is 1. The first kappa shape index (κ1) is 9.37. The fourth-order valence-corrected chi connectivity index (χ4v) is 2.48. The van der Waals surface area contributed by atoms with Gasteiger partial charge in [-0.25, -0.2) is 0 Å². The van der Waals surface area contributed by atoms with Crippen molar-refractivity contribution in [3.8, 4) is 0 Å². The van der Waals surface area contributed by atoms with Gasteiger partial charge in [0.2, 0.25) is 0 Å². The number of hydrogen-bond acceptors (Lipinski definition) is 3. The van der Waals surface area contributed by atoms with Crippen LogP contribution in [0.3, 0.4) is 0 Å². The number of aliphatic carboxylic acids is 1. The van der Waals surface area contributed by atoms with E-state index in [4.69, 9.17) is 5.11 Å². The first-order valence-electron chi connectivity index (χ1n) is 4.89.